The van der Waals surface area contributed by atoms with E-state index in [4.69, 9.17) is 10.5 Å². The van der Waals surface area contributed by atoms with Crippen molar-refractivity contribution in [3.63, 3.8) is 0 Å². The Kier molecular flexibility index (Phi) is 8.85. The van der Waals surface area contributed by atoms with Crippen LogP contribution in [0.2, 0.25) is 0 Å². The van der Waals surface area contributed by atoms with Crippen LogP contribution in [-0.4, -0.2) is 24.6 Å². The van der Waals surface area contributed by atoms with Crippen LogP contribution >= 0.6 is 28.3 Å². The molecule has 114 valence electrons. The molecule has 0 aromatic heterocycles. The molecule has 0 fully saturated rings. The van der Waals surface area contributed by atoms with Crippen LogP contribution in [0.5, 0.6) is 5.75 Å². The molecule has 4 nitrogen and oxygen atoms in total. The Morgan fingerprint density at radius 3 is 2.80 bits per heavy atom. The molecule has 6 heteroatoms. The van der Waals surface area contributed by atoms with E-state index in [1.54, 1.807) is 6.92 Å². The van der Waals surface area contributed by atoms with Gasteiger partial charge in [0.1, 0.15) is 12.4 Å². The van der Waals surface area contributed by atoms with Gasteiger partial charge in [-0.1, -0.05) is 35.3 Å². The first-order chi connectivity index (χ1) is 8.95. The van der Waals surface area contributed by atoms with E-state index in [9.17, 15) is 4.79 Å². The molecule has 0 aliphatic carbocycles. The molecule has 1 amide bonds. The summed E-state index contributed by atoms with van der Waals surface area (Å²) in [7, 11) is 0. The Bertz CT molecular complexity index is 427. The quantitative estimate of drug-likeness (QED) is 0.730. The molecule has 1 atom stereocenters. The van der Waals surface area contributed by atoms with Crippen LogP contribution in [0.15, 0.2) is 28.7 Å². The highest BCUT2D eigenvalue weighted by Crippen LogP contribution is 2.17. The van der Waals surface area contributed by atoms with Crippen molar-refractivity contribution in [3.8, 4) is 5.75 Å². The van der Waals surface area contributed by atoms with Gasteiger partial charge in [-0.05, 0) is 31.5 Å². The zero-order chi connectivity index (χ0) is 14.3. The number of carbonyl (C=O) groups excluding carboxylic acids is 1. The second kappa shape index (κ2) is 9.21. The molecule has 20 heavy (non-hydrogen) atoms. The van der Waals surface area contributed by atoms with Gasteiger partial charge in [0, 0.05) is 4.47 Å². The number of nitrogens with one attached hydrogen (secondary N) is 1. The summed E-state index contributed by atoms with van der Waals surface area (Å²) in [5.41, 5.74) is 5.12. The van der Waals surface area contributed by atoms with Crippen molar-refractivity contribution in [1.29, 1.82) is 0 Å². The van der Waals surface area contributed by atoms with E-state index in [0.29, 0.717) is 19.6 Å². The highest BCUT2D eigenvalue weighted by Gasteiger charge is 2.26. The van der Waals surface area contributed by atoms with Crippen molar-refractivity contribution in [2.45, 2.75) is 32.2 Å². The van der Waals surface area contributed by atoms with E-state index in [-0.39, 0.29) is 18.3 Å². The summed E-state index contributed by atoms with van der Waals surface area (Å²) >= 11 is 3.37. The molecule has 0 saturated heterocycles. The molecule has 0 spiro atoms. The van der Waals surface area contributed by atoms with Gasteiger partial charge in [0.2, 0.25) is 5.91 Å². The second-order valence-electron chi connectivity index (χ2n) is 4.73. The smallest absolute Gasteiger partial charge is 0.239 e. The van der Waals surface area contributed by atoms with Crippen molar-refractivity contribution < 1.29 is 9.53 Å². The molecule has 0 aliphatic rings. The number of amides is 1. The average Bonchev–Trinajstić information content (AvgIpc) is 2.34. The second-order valence-corrected chi connectivity index (χ2v) is 5.64. The van der Waals surface area contributed by atoms with Crippen LogP contribution in [-0.2, 0) is 4.79 Å². The number of halogens is 2. The molecule has 0 saturated carbocycles. The van der Waals surface area contributed by atoms with Gasteiger partial charge in [0.25, 0.3) is 0 Å². The van der Waals surface area contributed by atoms with E-state index in [1.165, 1.54) is 0 Å². The minimum Gasteiger partial charge on any atom is -0.492 e. The number of ether oxygens (including phenoxy) is 1. The molecule has 0 aliphatic heterocycles. The number of carbonyl (C=O) groups is 1. The molecule has 1 aromatic rings. The maximum Gasteiger partial charge on any atom is 0.239 e. The van der Waals surface area contributed by atoms with Crippen LogP contribution in [0, 0.1) is 0 Å². The zero-order valence-electron chi connectivity index (χ0n) is 11.8. The van der Waals surface area contributed by atoms with Gasteiger partial charge in [0.15, 0.2) is 0 Å². The van der Waals surface area contributed by atoms with Gasteiger partial charge < -0.3 is 15.8 Å². The van der Waals surface area contributed by atoms with Crippen LogP contribution in [0.4, 0.5) is 0 Å². The molecule has 0 bridgehead atoms. The van der Waals surface area contributed by atoms with Crippen molar-refractivity contribution in [2.75, 3.05) is 13.2 Å². The first-order valence-electron chi connectivity index (χ1n) is 6.41. The summed E-state index contributed by atoms with van der Waals surface area (Å²) < 4.78 is 6.49. The number of hydrogen-bond acceptors (Lipinski definition) is 3. The van der Waals surface area contributed by atoms with Gasteiger partial charge in [-0.25, -0.2) is 0 Å². The average molecular weight is 366 g/mol. The number of nitrogens with two attached hydrogens (primary N) is 1. The summed E-state index contributed by atoms with van der Waals surface area (Å²) in [6, 6.07) is 7.58. The van der Waals surface area contributed by atoms with E-state index in [0.717, 1.165) is 16.6 Å². The Morgan fingerprint density at radius 1 is 1.50 bits per heavy atom. The predicted molar refractivity (Wildman–Crippen MR) is 87.4 cm³/mol. The normalized spacial score (nSPS) is 13.0. The summed E-state index contributed by atoms with van der Waals surface area (Å²) in [6.07, 6.45) is 1.56. The standard InChI is InChI=1S/C14H21BrN2O2.ClH/c1-3-7-14(2,16)13(18)17-8-9-19-12-6-4-5-11(15)10-12;/h4-6,10H,3,7-9,16H2,1-2H3,(H,17,18);1H. The highest BCUT2D eigenvalue weighted by molar-refractivity contribution is 9.10. The van der Waals surface area contributed by atoms with Gasteiger partial charge in [-0.2, -0.15) is 0 Å². The lowest BCUT2D eigenvalue weighted by atomic mass is 9.97. The van der Waals surface area contributed by atoms with Gasteiger partial charge >= 0.3 is 0 Å². The first kappa shape index (κ1) is 19.2. The van der Waals surface area contributed by atoms with Crippen LogP contribution in [0.3, 0.4) is 0 Å². The number of hydrogen-bond donors (Lipinski definition) is 2. The molecular weight excluding hydrogens is 344 g/mol. The maximum absolute atomic E-state index is 11.8. The third-order valence-corrected chi connectivity index (χ3v) is 3.23. The predicted octanol–water partition coefficient (Wildman–Crippen LogP) is 2.88. The lowest BCUT2D eigenvalue weighted by molar-refractivity contribution is -0.126. The third-order valence-electron chi connectivity index (χ3n) is 2.74. The minimum atomic E-state index is -0.801. The van der Waals surface area contributed by atoms with E-state index >= 15 is 0 Å². The van der Waals surface area contributed by atoms with Gasteiger partial charge in [-0.3, -0.25) is 4.79 Å². The van der Waals surface area contributed by atoms with Crippen LogP contribution in [0.1, 0.15) is 26.7 Å². The van der Waals surface area contributed by atoms with E-state index in [1.807, 2.05) is 31.2 Å². The fraction of sp³-hybridized carbons (Fsp3) is 0.500. The SMILES string of the molecule is CCCC(C)(N)C(=O)NCCOc1cccc(Br)c1.Cl. The minimum absolute atomic E-state index is 0. The zero-order valence-corrected chi connectivity index (χ0v) is 14.2. The highest BCUT2D eigenvalue weighted by atomic mass is 79.9. The molecule has 0 radical (unpaired) electrons. The maximum atomic E-state index is 11.8. The fourth-order valence-electron chi connectivity index (χ4n) is 1.73. The van der Waals surface area contributed by atoms with E-state index in [2.05, 4.69) is 21.2 Å². The summed E-state index contributed by atoms with van der Waals surface area (Å²) in [5.74, 6) is 0.639. The summed E-state index contributed by atoms with van der Waals surface area (Å²) in [6.45, 7) is 4.63. The van der Waals surface area contributed by atoms with E-state index < -0.39 is 5.54 Å². The number of benzene rings is 1. The Balaban J connectivity index is 0.00000361. The molecule has 0 heterocycles. The topological polar surface area (TPSA) is 64.4 Å². The fourth-order valence-corrected chi connectivity index (χ4v) is 2.10. The largest absolute Gasteiger partial charge is 0.492 e. The molecule has 1 aromatic carbocycles. The lowest BCUT2D eigenvalue weighted by Crippen LogP contribution is -2.52. The van der Waals surface area contributed by atoms with Crippen LogP contribution in [0.25, 0.3) is 0 Å². The van der Waals surface area contributed by atoms with Crippen molar-refractivity contribution in [3.05, 3.63) is 28.7 Å². The number of rotatable bonds is 7. The van der Waals surface area contributed by atoms with Crippen LogP contribution < -0.4 is 15.8 Å². The molecule has 1 unspecified atom stereocenters. The third kappa shape index (κ3) is 6.59. The Labute approximate surface area is 135 Å². The van der Waals surface area contributed by atoms with Crippen molar-refractivity contribution in [1.82, 2.24) is 5.32 Å². The van der Waals surface area contributed by atoms with Crippen molar-refractivity contribution >= 4 is 34.2 Å². The van der Waals surface area contributed by atoms with Crippen molar-refractivity contribution in [2.24, 2.45) is 5.73 Å². The first-order valence-corrected chi connectivity index (χ1v) is 7.20. The lowest BCUT2D eigenvalue weighted by Gasteiger charge is -2.22. The Morgan fingerprint density at radius 2 is 2.20 bits per heavy atom. The summed E-state index contributed by atoms with van der Waals surface area (Å²) in [4.78, 5) is 11.8. The Hall–Kier alpha value is -0.780. The molecular formula is C14H22BrClN2O2. The summed E-state index contributed by atoms with van der Waals surface area (Å²) in [5, 5.41) is 2.79. The van der Waals surface area contributed by atoms with Gasteiger partial charge in [0.05, 0.1) is 12.1 Å². The molecule has 1 rings (SSSR count). The van der Waals surface area contributed by atoms with Gasteiger partial charge in [-0.15, -0.1) is 12.4 Å². The molecule has 3 N–H and O–H groups in total. The monoisotopic (exact) mass is 364 g/mol.